The molecular weight excluding hydrogens is 423 g/mol. The number of hydrogen-bond acceptors (Lipinski definition) is 4. The molecule has 0 amide bonds. The molecule has 2 saturated heterocycles. The maximum atomic E-state index is 13.2. The lowest BCUT2D eigenvalue weighted by molar-refractivity contribution is -0.201. The predicted molar refractivity (Wildman–Crippen MR) is 130 cm³/mol. The molecule has 5 unspecified atom stereocenters. The second-order valence-electron chi connectivity index (χ2n) is 11.0. The zero-order valence-electron chi connectivity index (χ0n) is 19.3. The lowest BCUT2D eigenvalue weighted by Crippen LogP contribution is -2.43. The van der Waals surface area contributed by atoms with Crippen LogP contribution in [0.1, 0.15) is 59.4 Å². The van der Waals surface area contributed by atoms with E-state index >= 15 is 0 Å². The minimum absolute atomic E-state index is 0.0606. The van der Waals surface area contributed by atoms with Crippen LogP contribution in [0.15, 0.2) is 35.9 Å². The molecule has 2 bridgehead atoms. The Morgan fingerprint density at radius 2 is 1.94 bits per heavy atom. The van der Waals surface area contributed by atoms with Crippen molar-refractivity contribution in [3.8, 4) is 0 Å². The molecule has 3 aliphatic heterocycles. The molecule has 8 atom stereocenters. The second-order valence-corrected chi connectivity index (χ2v) is 15.9. The predicted octanol–water partition coefficient (Wildman–Crippen LogP) is 6.28. The first kappa shape index (κ1) is 21.9. The average Bonchev–Trinajstić information content (AvgIpc) is 3.26. The van der Waals surface area contributed by atoms with E-state index in [-0.39, 0.29) is 29.1 Å². The van der Waals surface area contributed by atoms with E-state index in [9.17, 15) is 4.79 Å². The number of allylic oxidation sites excluding steroid dienone is 1. The maximum Gasteiger partial charge on any atom is 0.317 e. The van der Waals surface area contributed by atoms with E-state index in [0.29, 0.717) is 11.8 Å². The van der Waals surface area contributed by atoms with Gasteiger partial charge in [0.2, 0.25) is 6.29 Å². The molecule has 1 saturated carbocycles. The molecule has 0 N–H and O–H groups in total. The number of carbonyl (C=O) groups is 1. The molecule has 4 aliphatic rings. The van der Waals surface area contributed by atoms with Crippen LogP contribution in [0, 0.1) is 29.1 Å². The third-order valence-electron chi connectivity index (χ3n) is 8.75. The summed E-state index contributed by atoms with van der Waals surface area (Å²) in [6.45, 7) is 11.5. The quantitative estimate of drug-likeness (QED) is 0.393. The summed E-state index contributed by atoms with van der Waals surface area (Å²) in [7, 11) is 0. The molecule has 3 fully saturated rings. The highest BCUT2D eigenvalue weighted by molar-refractivity contribution is 8.20. The Morgan fingerprint density at radius 1 is 1.23 bits per heavy atom. The van der Waals surface area contributed by atoms with Gasteiger partial charge < -0.3 is 9.47 Å². The molecule has 0 aromatic heterocycles. The summed E-state index contributed by atoms with van der Waals surface area (Å²) in [4.78, 5) is 13.2. The van der Waals surface area contributed by atoms with Crippen molar-refractivity contribution >= 4 is 29.1 Å². The van der Waals surface area contributed by atoms with Gasteiger partial charge in [-0.05, 0) is 67.0 Å². The second kappa shape index (κ2) is 7.54. The summed E-state index contributed by atoms with van der Waals surface area (Å²) in [5.41, 5.74) is 2.27. The van der Waals surface area contributed by atoms with Gasteiger partial charge in [-0.15, -0.1) is 0 Å². The van der Waals surface area contributed by atoms with Gasteiger partial charge in [0.15, 0.2) is 0 Å². The van der Waals surface area contributed by atoms with Crippen molar-refractivity contribution in [2.24, 2.45) is 29.1 Å². The van der Waals surface area contributed by atoms with Crippen LogP contribution in [-0.2, 0) is 26.1 Å². The van der Waals surface area contributed by atoms with Crippen LogP contribution in [0.3, 0.4) is 0 Å². The monoisotopic (exact) mass is 458 g/mol. The summed E-state index contributed by atoms with van der Waals surface area (Å²) < 4.78 is 12.7. The van der Waals surface area contributed by atoms with Gasteiger partial charge in [-0.3, -0.25) is 4.79 Å². The largest absolute Gasteiger partial charge is 0.435 e. The first-order valence-corrected chi connectivity index (χ1v) is 14.9. The molecule has 3 nitrogen and oxygen atoms in total. The standard InChI is InChI=1S/C26H35O3PS/c1-15(2)19-13-16(3)11-12-20(19)28-25-21-23(24(27)29-25)30(31)14-26(21,5)17(4)22(30)18-9-7-6-8-10-18/h6-10,15-16,19-21,23,25H,11-14H2,1-5H3/t16-,19-,20?,21?,23?,25+,26?,30?/m0/s1. The zero-order chi connectivity index (χ0) is 22.1. The highest BCUT2D eigenvalue weighted by Crippen LogP contribution is 2.83. The van der Waals surface area contributed by atoms with Gasteiger partial charge >= 0.3 is 5.97 Å². The number of fused-ring (bicyclic) bond motifs is 5. The molecule has 5 rings (SSSR count). The number of esters is 1. The van der Waals surface area contributed by atoms with Crippen molar-refractivity contribution < 1.29 is 14.3 Å². The van der Waals surface area contributed by atoms with Crippen LogP contribution in [0.25, 0.3) is 5.31 Å². The number of benzene rings is 1. The Kier molecular flexibility index (Phi) is 5.32. The fraction of sp³-hybridized carbons (Fsp3) is 0.654. The van der Waals surface area contributed by atoms with Crippen LogP contribution in [0.4, 0.5) is 0 Å². The molecule has 1 aromatic rings. The first-order chi connectivity index (χ1) is 14.7. The molecule has 3 heterocycles. The minimum atomic E-state index is -2.07. The minimum Gasteiger partial charge on any atom is -0.435 e. The molecule has 0 radical (unpaired) electrons. The fourth-order valence-electron chi connectivity index (χ4n) is 7.05. The Bertz CT molecular complexity index is 970. The van der Waals surface area contributed by atoms with Crippen LogP contribution < -0.4 is 0 Å². The van der Waals surface area contributed by atoms with Gasteiger partial charge in [0, 0.05) is 11.3 Å². The lowest BCUT2D eigenvalue weighted by atomic mass is 9.71. The normalized spacial score (nSPS) is 44.1. The van der Waals surface area contributed by atoms with Crippen molar-refractivity contribution in [3.05, 3.63) is 41.5 Å². The fourth-order valence-corrected chi connectivity index (χ4v) is 14.1. The average molecular weight is 459 g/mol. The summed E-state index contributed by atoms with van der Waals surface area (Å²) in [6.07, 6.45) is 4.11. The Morgan fingerprint density at radius 3 is 2.61 bits per heavy atom. The Hall–Kier alpha value is -0.960. The van der Waals surface area contributed by atoms with Gasteiger partial charge in [-0.1, -0.05) is 75.4 Å². The smallest absolute Gasteiger partial charge is 0.317 e. The van der Waals surface area contributed by atoms with Gasteiger partial charge in [-0.25, -0.2) is 0 Å². The third-order valence-corrected chi connectivity index (χ3v) is 14.3. The highest BCUT2D eigenvalue weighted by Gasteiger charge is 2.70. The van der Waals surface area contributed by atoms with E-state index in [1.807, 2.05) is 6.07 Å². The molecular formula is C26H35O3PS. The van der Waals surface area contributed by atoms with E-state index in [2.05, 4.69) is 58.9 Å². The topological polar surface area (TPSA) is 35.5 Å². The summed E-state index contributed by atoms with van der Waals surface area (Å²) >= 11 is 6.41. The molecule has 31 heavy (non-hydrogen) atoms. The molecule has 1 aliphatic carbocycles. The van der Waals surface area contributed by atoms with E-state index in [4.69, 9.17) is 21.3 Å². The van der Waals surface area contributed by atoms with Crippen LogP contribution in [-0.4, -0.2) is 30.2 Å². The summed E-state index contributed by atoms with van der Waals surface area (Å²) in [5.74, 6) is 1.79. The van der Waals surface area contributed by atoms with Gasteiger partial charge in [-0.2, -0.15) is 0 Å². The van der Waals surface area contributed by atoms with Gasteiger partial charge in [0.05, 0.1) is 11.8 Å². The number of hydrogen-bond donors (Lipinski definition) is 0. The summed E-state index contributed by atoms with van der Waals surface area (Å²) in [6, 6.07) is 8.41. The van der Waals surface area contributed by atoms with Crippen LogP contribution in [0.2, 0.25) is 0 Å². The van der Waals surface area contributed by atoms with Gasteiger partial charge in [0.1, 0.15) is 0 Å². The van der Waals surface area contributed by atoms with E-state index < -0.39 is 12.3 Å². The molecule has 168 valence electrons. The summed E-state index contributed by atoms with van der Waals surface area (Å²) in [5, 5.41) is 1.29. The van der Waals surface area contributed by atoms with Crippen LogP contribution >= 0.6 is 6.04 Å². The SMILES string of the molecule is CC1=C(c2ccccc2)P2(=S)CC1(C)C1C2C(=O)O[C@H]1OC1CC[C@H](C)C[C@H]1C(C)C. The molecule has 5 heteroatoms. The van der Waals surface area contributed by atoms with Crippen molar-refractivity contribution in [1.29, 1.82) is 0 Å². The van der Waals surface area contributed by atoms with Crippen molar-refractivity contribution in [3.63, 3.8) is 0 Å². The number of ether oxygens (including phenoxy) is 2. The van der Waals surface area contributed by atoms with Crippen molar-refractivity contribution in [2.45, 2.75) is 71.9 Å². The van der Waals surface area contributed by atoms with E-state index in [1.165, 1.54) is 29.3 Å². The number of rotatable bonds is 4. The van der Waals surface area contributed by atoms with E-state index in [1.54, 1.807) is 0 Å². The Labute approximate surface area is 192 Å². The Balaban J connectivity index is 1.49. The third kappa shape index (κ3) is 3.15. The van der Waals surface area contributed by atoms with Crippen LogP contribution in [0.5, 0.6) is 0 Å². The van der Waals surface area contributed by atoms with Gasteiger partial charge in [0.25, 0.3) is 0 Å². The lowest BCUT2D eigenvalue weighted by Gasteiger charge is -2.41. The first-order valence-electron chi connectivity index (χ1n) is 11.9. The maximum absolute atomic E-state index is 13.2. The van der Waals surface area contributed by atoms with Crippen molar-refractivity contribution in [1.82, 2.24) is 0 Å². The molecule has 1 aromatic carbocycles. The van der Waals surface area contributed by atoms with E-state index in [0.717, 1.165) is 18.5 Å². The number of cyclic esters (lactones) is 1. The van der Waals surface area contributed by atoms with Crippen molar-refractivity contribution in [2.75, 3.05) is 6.16 Å². The zero-order valence-corrected chi connectivity index (χ0v) is 21.0. The molecule has 0 spiro atoms. The highest BCUT2D eigenvalue weighted by atomic mass is 32.4. The number of carbonyl (C=O) groups excluding carboxylic acids is 1.